The second-order valence-electron chi connectivity index (χ2n) is 5.57. The molecule has 2 aromatic carbocycles. The average Bonchev–Trinajstić information content (AvgIpc) is 2.48. The van der Waals surface area contributed by atoms with E-state index in [1.54, 1.807) is 0 Å². The monoisotopic (exact) mass is 283 g/mol. The highest BCUT2D eigenvalue weighted by molar-refractivity contribution is 7.98. The third-order valence-corrected chi connectivity index (χ3v) is 5.09. The van der Waals surface area contributed by atoms with E-state index >= 15 is 0 Å². The summed E-state index contributed by atoms with van der Waals surface area (Å²) in [6.45, 7) is 4.39. The van der Waals surface area contributed by atoms with Crippen LogP contribution in [-0.2, 0) is 5.75 Å². The van der Waals surface area contributed by atoms with Crippen LogP contribution in [0.5, 0.6) is 0 Å². The molecule has 3 rings (SSSR count). The fourth-order valence-electron chi connectivity index (χ4n) is 2.77. The molecule has 0 bridgehead atoms. The van der Waals surface area contributed by atoms with Crippen molar-refractivity contribution in [2.24, 2.45) is 0 Å². The summed E-state index contributed by atoms with van der Waals surface area (Å²) in [5.41, 5.74) is 5.64. The topological polar surface area (TPSA) is 12.0 Å². The summed E-state index contributed by atoms with van der Waals surface area (Å²) in [5.74, 6) is 2.31. The maximum atomic E-state index is 3.79. The lowest BCUT2D eigenvalue weighted by molar-refractivity contribution is 0.495. The second-order valence-corrected chi connectivity index (χ2v) is 6.60. The van der Waals surface area contributed by atoms with Gasteiger partial charge in [-0.25, -0.2) is 0 Å². The number of benzene rings is 2. The zero-order valence-electron chi connectivity index (χ0n) is 12.1. The fraction of sp³-hybridized carbons (Fsp3) is 0.333. The van der Waals surface area contributed by atoms with E-state index in [-0.39, 0.29) is 0 Å². The molecule has 2 aromatic rings. The lowest BCUT2D eigenvalue weighted by atomic mass is 9.99. The number of aryl methyl sites for hydroxylation is 1. The Bertz CT molecular complexity index is 576. The first kappa shape index (κ1) is 13.7. The van der Waals surface area contributed by atoms with E-state index in [1.807, 2.05) is 11.8 Å². The Morgan fingerprint density at radius 1 is 1.10 bits per heavy atom. The number of rotatable bonds is 3. The molecular formula is C18H21NS. The minimum absolute atomic E-state index is 0.382. The Morgan fingerprint density at radius 3 is 2.65 bits per heavy atom. The minimum atomic E-state index is 0.382. The molecule has 0 amide bonds. The molecule has 0 fully saturated rings. The summed E-state index contributed by atoms with van der Waals surface area (Å²) in [6, 6.07) is 18.5. The van der Waals surface area contributed by atoms with E-state index in [9.17, 15) is 0 Å². The van der Waals surface area contributed by atoms with Crippen molar-refractivity contribution in [3.05, 3.63) is 70.8 Å². The van der Waals surface area contributed by atoms with Crippen LogP contribution in [0.25, 0.3) is 0 Å². The van der Waals surface area contributed by atoms with Crippen LogP contribution < -0.4 is 5.32 Å². The van der Waals surface area contributed by atoms with Gasteiger partial charge in [0, 0.05) is 23.6 Å². The summed E-state index contributed by atoms with van der Waals surface area (Å²) in [4.78, 5) is 0. The molecule has 2 atom stereocenters. The Kier molecular flexibility index (Phi) is 4.13. The van der Waals surface area contributed by atoms with Gasteiger partial charge in [0.25, 0.3) is 0 Å². The van der Waals surface area contributed by atoms with Gasteiger partial charge < -0.3 is 5.32 Å². The first-order chi connectivity index (χ1) is 9.74. The Morgan fingerprint density at radius 2 is 1.85 bits per heavy atom. The van der Waals surface area contributed by atoms with E-state index in [1.165, 1.54) is 22.3 Å². The van der Waals surface area contributed by atoms with E-state index < -0.39 is 0 Å². The predicted octanol–water partition coefficient (Wildman–Crippen LogP) is 4.63. The van der Waals surface area contributed by atoms with Gasteiger partial charge in [-0.15, -0.1) is 0 Å². The molecule has 0 saturated carbocycles. The molecule has 20 heavy (non-hydrogen) atoms. The highest BCUT2D eigenvalue weighted by Crippen LogP contribution is 2.33. The maximum Gasteiger partial charge on any atom is 0.0419 e. The summed E-state index contributed by atoms with van der Waals surface area (Å²) >= 11 is 2.02. The molecule has 0 aromatic heterocycles. The first-order valence-electron chi connectivity index (χ1n) is 7.22. The quantitative estimate of drug-likeness (QED) is 0.881. The van der Waals surface area contributed by atoms with Crippen LogP contribution in [0.3, 0.4) is 0 Å². The zero-order chi connectivity index (χ0) is 13.9. The van der Waals surface area contributed by atoms with Gasteiger partial charge in [-0.1, -0.05) is 54.1 Å². The van der Waals surface area contributed by atoms with Crippen LogP contribution in [0.15, 0.2) is 48.5 Å². The van der Waals surface area contributed by atoms with Gasteiger partial charge in [-0.3, -0.25) is 0 Å². The van der Waals surface area contributed by atoms with Crippen LogP contribution in [-0.4, -0.2) is 5.75 Å². The molecule has 0 aliphatic carbocycles. The number of nitrogens with one attached hydrogen (secondary N) is 1. The van der Waals surface area contributed by atoms with Crippen molar-refractivity contribution in [1.82, 2.24) is 5.32 Å². The Labute approximate surface area is 125 Å². The predicted molar refractivity (Wildman–Crippen MR) is 88.1 cm³/mol. The van der Waals surface area contributed by atoms with Crippen molar-refractivity contribution >= 4 is 11.8 Å². The number of thioether (sulfide) groups is 1. The molecule has 1 nitrogen and oxygen atoms in total. The van der Waals surface area contributed by atoms with Gasteiger partial charge in [-0.2, -0.15) is 11.8 Å². The van der Waals surface area contributed by atoms with E-state index in [4.69, 9.17) is 0 Å². The summed E-state index contributed by atoms with van der Waals surface area (Å²) in [5, 5.41) is 3.79. The largest absolute Gasteiger partial charge is 0.303 e. The Balaban J connectivity index is 1.77. The third kappa shape index (κ3) is 2.92. The van der Waals surface area contributed by atoms with E-state index in [0.717, 1.165) is 11.5 Å². The molecule has 0 radical (unpaired) electrons. The van der Waals surface area contributed by atoms with Crippen molar-refractivity contribution in [3.63, 3.8) is 0 Å². The summed E-state index contributed by atoms with van der Waals surface area (Å²) in [6.07, 6.45) is 0. The third-order valence-electron chi connectivity index (χ3n) is 4.00. The zero-order valence-corrected chi connectivity index (χ0v) is 12.9. The molecule has 1 unspecified atom stereocenters. The lowest BCUT2D eigenvalue weighted by Gasteiger charge is -2.29. The van der Waals surface area contributed by atoms with E-state index in [0.29, 0.717) is 12.1 Å². The van der Waals surface area contributed by atoms with Crippen LogP contribution in [0.1, 0.15) is 41.3 Å². The van der Waals surface area contributed by atoms with Crippen molar-refractivity contribution in [1.29, 1.82) is 0 Å². The summed E-state index contributed by atoms with van der Waals surface area (Å²) in [7, 11) is 0. The molecular weight excluding hydrogens is 262 g/mol. The molecule has 1 heterocycles. The van der Waals surface area contributed by atoms with Gasteiger partial charge in [0.1, 0.15) is 0 Å². The maximum absolute atomic E-state index is 3.79. The van der Waals surface area contributed by atoms with Crippen molar-refractivity contribution in [3.8, 4) is 0 Å². The van der Waals surface area contributed by atoms with Crippen LogP contribution in [0.4, 0.5) is 0 Å². The van der Waals surface area contributed by atoms with E-state index in [2.05, 4.69) is 67.7 Å². The molecule has 0 saturated heterocycles. The molecule has 1 aliphatic heterocycles. The number of hydrogen-bond acceptors (Lipinski definition) is 2. The normalized spacial score (nSPS) is 19.4. The summed E-state index contributed by atoms with van der Waals surface area (Å²) < 4.78 is 0. The molecule has 104 valence electrons. The first-order valence-corrected chi connectivity index (χ1v) is 8.37. The average molecular weight is 283 g/mol. The SMILES string of the molecule is Cc1ccc([C@H](C)NC2CSCc3ccccc32)cc1. The minimum Gasteiger partial charge on any atom is -0.303 e. The standard InChI is InChI=1S/C18H21NS/c1-13-7-9-15(10-8-13)14(2)19-18-12-20-11-16-5-3-4-6-17(16)18/h3-10,14,18-19H,11-12H2,1-2H3/t14-,18?/m0/s1. The number of hydrogen-bond donors (Lipinski definition) is 1. The lowest BCUT2D eigenvalue weighted by Crippen LogP contribution is -2.29. The van der Waals surface area contributed by atoms with Crippen molar-refractivity contribution in [2.45, 2.75) is 31.7 Å². The van der Waals surface area contributed by atoms with Crippen LogP contribution in [0, 0.1) is 6.92 Å². The van der Waals surface area contributed by atoms with Crippen molar-refractivity contribution in [2.75, 3.05) is 5.75 Å². The smallest absolute Gasteiger partial charge is 0.0419 e. The highest BCUT2D eigenvalue weighted by Gasteiger charge is 2.21. The van der Waals surface area contributed by atoms with Crippen LogP contribution in [0.2, 0.25) is 0 Å². The molecule has 1 N–H and O–H groups in total. The number of fused-ring (bicyclic) bond motifs is 1. The van der Waals surface area contributed by atoms with Crippen LogP contribution >= 0.6 is 11.8 Å². The van der Waals surface area contributed by atoms with Gasteiger partial charge in [0.2, 0.25) is 0 Å². The van der Waals surface area contributed by atoms with Gasteiger partial charge in [0.05, 0.1) is 0 Å². The fourth-order valence-corrected chi connectivity index (χ4v) is 3.89. The highest BCUT2D eigenvalue weighted by atomic mass is 32.2. The van der Waals surface area contributed by atoms with Crippen molar-refractivity contribution < 1.29 is 0 Å². The van der Waals surface area contributed by atoms with Gasteiger partial charge >= 0.3 is 0 Å². The van der Waals surface area contributed by atoms with Gasteiger partial charge in [-0.05, 0) is 30.5 Å². The molecule has 0 spiro atoms. The van der Waals surface area contributed by atoms with Gasteiger partial charge in [0.15, 0.2) is 0 Å². The molecule has 2 heteroatoms. The Hall–Kier alpha value is -1.25. The second kappa shape index (κ2) is 6.02. The molecule has 1 aliphatic rings.